The van der Waals surface area contributed by atoms with Crippen molar-refractivity contribution in [2.45, 2.75) is 16.9 Å². The summed E-state index contributed by atoms with van der Waals surface area (Å²) in [5.41, 5.74) is 0. The van der Waals surface area contributed by atoms with Crippen LogP contribution in [0.1, 0.15) is 6.42 Å². The summed E-state index contributed by atoms with van der Waals surface area (Å²) in [6.07, 6.45) is 1.42. The van der Waals surface area contributed by atoms with Gasteiger partial charge in [0.2, 0.25) is 0 Å². The summed E-state index contributed by atoms with van der Waals surface area (Å²) in [6, 6.07) is 0. The number of aliphatic hydroxyl groups is 1. The van der Waals surface area contributed by atoms with Crippen molar-refractivity contribution in [3.63, 3.8) is 0 Å². The fraction of sp³-hybridized carbons (Fsp3) is 1.00. The van der Waals surface area contributed by atoms with E-state index in [1.165, 1.54) is 19.5 Å². The summed E-state index contributed by atoms with van der Waals surface area (Å²) in [6.45, 7) is 3.63. The van der Waals surface area contributed by atoms with E-state index >= 15 is 0 Å². The molecule has 3 aliphatic heterocycles. The van der Waals surface area contributed by atoms with Crippen LogP contribution in [-0.4, -0.2) is 46.7 Å². The van der Waals surface area contributed by atoms with Crippen LogP contribution in [0, 0.1) is 0 Å². The Hall–Kier alpha value is 0.270. The molecule has 58 valence electrons. The van der Waals surface area contributed by atoms with Crippen LogP contribution in [-0.2, 0) is 0 Å². The molecule has 0 aliphatic carbocycles. The summed E-state index contributed by atoms with van der Waals surface area (Å²) in [5.74, 6) is 0. The third kappa shape index (κ3) is 1.18. The minimum absolute atomic E-state index is 0.324. The quantitative estimate of drug-likeness (QED) is 0.621. The largest absolute Gasteiger partial charge is 0.395 e. The average molecular weight is 159 g/mol. The van der Waals surface area contributed by atoms with Gasteiger partial charge in [0.25, 0.3) is 0 Å². The average Bonchev–Trinajstić information content (AvgIpc) is 1.87. The number of thioether (sulfide) groups is 1. The van der Waals surface area contributed by atoms with Crippen molar-refractivity contribution in [2.24, 2.45) is 0 Å². The smallest absolute Gasteiger partial charge is 0.0558 e. The molecule has 3 heteroatoms. The highest BCUT2D eigenvalue weighted by atomic mass is 32.2. The van der Waals surface area contributed by atoms with E-state index in [0.29, 0.717) is 6.61 Å². The lowest BCUT2D eigenvalue weighted by Gasteiger charge is -2.46. The standard InChI is InChI=1S/C7H13NOS/c9-2-1-8-4-6-3-7(5-8)10-6/h6-7,9H,1-5H2. The molecular formula is C7H13NOS. The Labute approximate surface area is 65.6 Å². The van der Waals surface area contributed by atoms with Gasteiger partial charge in [0.15, 0.2) is 0 Å². The number of fused-ring (bicyclic) bond motifs is 2. The van der Waals surface area contributed by atoms with Crippen LogP contribution in [0.15, 0.2) is 0 Å². The van der Waals surface area contributed by atoms with Gasteiger partial charge >= 0.3 is 0 Å². The molecule has 3 aliphatic rings. The minimum atomic E-state index is 0.324. The molecule has 0 spiro atoms. The van der Waals surface area contributed by atoms with Crippen LogP contribution in [0.5, 0.6) is 0 Å². The van der Waals surface area contributed by atoms with Crippen molar-refractivity contribution in [3.8, 4) is 0 Å². The number of rotatable bonds is 2. The van der Waals surface area contributed by atoms with Gasteiger partial charge in [-0.05, 0) is 6.42 Å². The molecule has 2 atom stereocenters. The zero-order valence-corrected chi connectivity index (χ0v) is 6.81. The molecule has 2 unspecified atom stereocenters. The third-order valence-electron chi connectivity index (χ3n) is 2.25. The van der Waals surface area contributed by atoms with Crippen molar-refractivity contribution in [3.05, 3.63) is 0 Å². The maximum atomic E-state index is 8.67. The molecule has 3 fully saturated rings. The fourth-order valence-corrected chi connectivity index (χ4v) is 3.23. The van der Waals surface area contributed by atoms with E-state index in [1.54, 1.807) is 0 Å². The van der Waals surface area contributed by atoms with E-state index in [9.17, 15) is 0 Å². The number of piperidine rings is 1. The van der Waals surface area contributed by atoms with Crippen molar-refractivity contribution < 1.29 is 5.11 Å². The number of hydrogen-bond donors (Lipinski definition) is 1. The Morgan fingerprint density at radius 2 is 2.00 bits per heavy atom. The van der Waals surface area contributed by atoms with Gasteiger partial charge in [-0.15, -0.1) is 0 Å². The summed E-state index contributed by atoms with van der Waals surface area (Å²) in [7, 11) is 0. The second-order valence-corrected chi connectivity index (χ2v) is 4.70. The van der Waals surface area contributed by atoms with E-state index in [0.717, 1.165) is 17.0 Å². The highest BCUT2D eigenvalue weighted by Crippen LogP contribution is 2.41. The van der Waals surface area contributed by atoms with Crippen molar-refractivity contribution >= 4 is 11.8 Å². The van der Waals surface area contributed by atoms with Gasteiger partial charge in [-0.3, -0.25) is 4.90 Å². The molecule has 0 aromatic rings. The van der Waals surface area contributed by atoms with Crippen molar-refractivity contribution in [1.29, 1.82) is 0 Å². The molecule has 0 radical (unpaired) electrons. The molecule has 0 aromatic carbocycles. The summed E-state index contributed by atoms with van der Waals surface area (Å²) < 4.78 is 0. The molecule has 1 N–H and O–H groups in total. The van der Waals surface area contributed by atoms with Crippen LogP contribution >= 0.6 is 11.8 Å². The first-order valence-electron chi connectivity index (χ1n) is 3.87. The van der Waals surface area contributed by atoms with Gasteiger partial charge in [0.1, 0.15) is 0 Å². The zero-order valence-electron chi connectivity index (χ0n) is 5.99. The van der Waals surface area contributed by atoms with Gasteiger partial charge in [0.05, 0.1) is 6.61 Å². The van der Waals surface area contributed by atoms with Gasteiger partial charge in [-0.2, -0.15) is 11.8 Å². The minimum Gasteiger partial charge on any atom is -0.395 e. The van der Waals surface area contributed by atoms with E-state index in [1.807, 2.05) is 0 Å². The van der Waals surface area contributed by atoms with Gasteiger partial charge in [0, 0.05) is 30.1 Å². The first-order chi connectivity index (χ1) is 4.88. The lowest BCUT2D eigenvalue weighted by molar-refractivity contribution is 0.170. The second-order valence-electron chi connectivity index (χ2n) is 3.10. The highest BCUT2D eigenvalue weighted by Gasteiger charge is 2.37. The topological polar surface area (TPSA) is 23.5 Å². The molecule has 0 amide bonds. The molecule has 2 bridgehead atoms. The van der Waals surface area contributed by atoms with E-state index in [4.69, 9.17) is 5.11 Å². The van der Waals surface area contributed by atoms with E-state index < -0.39 is 0 Å². The number of aliphatic hydroxyl groups excluding tert-OH is 1. The number of hydrogen-bond acceptors (Lipinski definition) is 3. The van der Waals surface area contributed by atoms with Gasteiger partial charge in [-0.25, -0.2) is 0 Å². The first kappa shape index (κ1) is 6.95. The predicted octanol–water partition coefficient (Wildman–Crippen LogP) is 0.168. The van der Waals surface area contributed by atoms with E-state index in [-0.39, 0.29) is 0 Å². The Kier molecular flexibility index (Phi) is 1.89. The Balaban J connectivity index is 1.80. The second kappa shape index (κ2) is 2.72. The van der Waals surface area contributed by atoms with Crippen molar-refractivity contribution in [1.82, 2.24) is 4.90 Å². The Morgan fingerprint density at radius 3 is 2.50 bits per heavy atom. The zero-order chi connectivity index (χ0) is 6.97. The van der Waals surface area contributed by atoms with Gasteiger partial charge < -0.3 is 5.11 Å². The lowest BCUT2D eigenvalue weighted by atomic mass is 10.1. The molecule has 3 rings (SSSR count). The molecular weight excluding hydrogens is 146 g/mol. The number of nitrogens with zero attached hydrogens (tertiary/aromatic N) is 1. The molecule has 10 heavy (non-hydrogen) atoms. The molecule has 3 saturated heterocycles. The molecule has 3 heterocycles. The normalized spacial score (nSPS) is 39.3. The van der Waals surface area contributed by atoms with Crippen LogP contribution in [0.25, 0.3) is 0 Å². The van der Waals surface area contributed by atoms with Gasteiger partial charge in [-0.1, -0.05) is 0 Å². The third-order valence-corrected chi connectivity index (χ3v) is 3.70. The summed E-state index contributed by atoms with van der Waals surface area (Å²) in [5, 5.41) is 10.5. The van der Waals surface area contributed by atoms with Crippen LogP contribution in [0.2, 0.25) is 0 Å². The SMILES string of the molecule is OCCN1CC2CC(C1)S2. The maximum absolute atomic E-state index is 8.67. The molecule has 2 nitrogen and oxygen atoms in total. The van der Waals surface area contributed by atoms with E-state index in [2.05, 4.69) is 16.7 Å². The van der Waals surface area contributed by atoms with Crippen LogP contribution < -0.4 is 0 Å². The maximum Gasteiger partial charge on any atom is 0.0558 e. The Bertz CT molecular complexity index is 115. The first-order valence-corrected chi connectivity index (χ1v) is 4.81. The van der Waals surface area contributed by atoms with Crippen LogP contribution in [0.4, 0.5) is 0 Å². The molecule has 0 aromatic heterocycles. The van der Waals surface area contributed by atoms with Crippen LogP contribution in [0.3, 0.4) is 0 Å². The Morgan fingerprint density at radius 1 is 1.40 bits per heavy atom. The summed E-state index contributed by atoms with van der Waals surface area (Å²) in [4.78, 5) is 2.37. The highest BCUT2D eigenvalue weighted by molar-refractivity contribution is 8.02. The monoisotopic (exact) mass is 159 g/mol. The van der Waals surface area contributed by atoms with Crippen molar-refractivity contribution in [2.75, 3.05) is 26.2 Å². The lowest BCUT2D eigenvalue weighted by Crippen LogP contribution is -2.51. The fourth-order valence-electron chi connectivity index (χ4n) is 1.76. The molecule has 0 saturated carbocycles. The predicted molar refractivity (Wildman–Crippen MR) is 43.3 cm³/mol. The summed E-state index contributed by atoms with van der Waals surface area (Å²) >= 11 is 2.12.